The molecule has 0 aromatic carbocycles. The van der Waals surface area contributed by atoms with Crippen molar-refractivity contribution in [3.05, 3.63) is 12.3 Å². The summed E-state index contributed by atoms with van der Waals surface area (Å²) in [7, 11) is -2.06. The fraction of sp³-hybridized carbons (Fsp3) is 0.733. The lowest BCUT2D eigenvalue weighted by Crippen LogP contribution is -2.38. The number of carbonyl (C=O) groups is 1. The number of hydrogen-bond acceptors (Lipinski definition) is 4. The van der Waals surface area contributed by atoms with E-state index in [9.17, 15) is 18.0 Å². The number of nitrogens with zero attached hydrogens (tertiary/aromatic N) is 2. The summed E-state index contributed by atoms with van der Waals surface area (Å²) in [5.41, 5.74) is -0.665. The molecule has 0 amide bonds. The summed E-state index contributed by atoms with van der Waals surface area (Å²) < 4.78 is 49.8. The summed E-state index contributed by atoms with van der Waals surface area (Å²) >= 11 is 0. The number of alkyl halides is 3. The molecule has 2 rings (SSSR count). The molecule has 1 fully saturated rings. The van der Waals surface area contributed by atoms with Crippen molar-refractivity contribution < 1.29 is 27.4 Å². The van der Waals surface area contributed by atoms with Crippen LogP contribution in [0.3, 0.4) is 0 Å². The number of ether oxygens (including phenoxy) is 2. The molecule has 0 spiro atoms. The van der Waals surface area contributed by atoms with E-state index < -0.39 is 32.6 Å². The Hall–Kier alpha value is -1.38. The lowest BCUT2D eigenvalue weighted by atomic mass is 10.2. The minimum absolute atomic E-state index is 0.0577. The number of carbonyl (C=O) groups excluding carboxylic acids is 1. The lowest BCUT2D eigenvalue weighted by Gasteiger charge is -2.40. The van der Waals surface area contributed by atoms with Crippen molar-refractivity contribution in [2.45, 2.75) is 50.1 Å². The summed E-state index contributed by atoms with van der Waals surface area (Å²) in [6.07, 6.45) is 0.0191. The number of hydrogen-bond donors (Lipinski definition) is 0. The van der Waals surface area contributed by atoms with Crippen LogP contribution in [0.15, 0.2) is 12.3 Å². The standard InChI is InChI=1S/C15H23F3N2O3S/c1-13(2,3)23-12(21)20-9-6-11(19-20)22-10-24(4,5)14(7-8-14)15(16,17)18/h6,9H,7-8,10H2,1-5H3. The first kappa shape index (κ1) is 19.0. The average Bonchev–Trinajstić information content (AvgIpc) is 3.09. The van der Waals surface area contributed by atoms with Crippen LogP contribution in [0.4, 0.5) is 18.0 Å². The van der Waals surface area contributed by atoms with Gasteiger partial charge in [-0.25, -0.2) is 4.79 Å². The predicted octanol–water partition coefficient (Wildman–Crippen LogP) is 4.16. The van der Waals surface area contributed by atoms with Gasteiger partial charge in [-0.05, 0) is 46.1 Å². The molecular formula is C15H23F3N2O3S. The number of halogens is 3. The molecule has 1 aromatic rings. The van der Waals surface area contributed by atoms with Gasteiger partial charge in [0, 0.05) is 12.3 Å². The van der Waals surface area contributed by atoms with Crippen molar-refractivity contribution in [3.8, 4) is 5.88 Å². The minimum atomic E-state index is -4.22. The van der Waals surface area contributed by atoms with Crippen LogP contribution in [-0.2, 0) is 4.74 Å². The highest BCUT2D eigenvalue weighted by Crippen LogP contribution is 2.72. The van der Waals surface area contributed by atoms with Crippen LogP contribution in [0.25, 0.3) is 0 Å². The second-order valence-electron chi connectivity index (χ2n) is 7.37. The van der Waals surface area contributed by atoms with Gasteiger partial charge in [-0.15, -0.1) is 5.10 Å². The van der Waals surface area contributed by atoms with E-state index >= 15 is 0 Å². The molecule has 1 saturated carbocycles. The van der Waals surface area contributed by atoms with Crippen LogP contribution in [0.5, 0.6) is 5.88 Å². The van der Waals surface area contributed by atoms with Crippen LogP contribution >= 0.6 is 10.0 Å². The highest BCUT2D eigenvalue weighted by Gasteiger charge is 2.69. The van der Waals surface area contributed by atoms with Gasteiger partial charge < -0.3 is 9.47 Å². The van der Waals surface area contributed by atoms with E-state index in [1.807, 2.05) is 0 Å². The van der Waals surface area contributed by atoms with E-state index in [1.165, 1.54) is 12.3 Å². The van der Waals surface area contributed by atoms with Crippen molar-refractivity contribution in [1.29, 1.82) is 0 Å². The zero-order valence-electron chi connectivity index (χ0n) is 14.4. The Morgan fingerprint density at radius 1 is 1.33 bits per heavy atom. The molecule has 0 aliphatic heterocycles. The molecule has 9 heteroatoms. The molecule has 1 heterocycles. The van der Waals surface area contributed by atoms with Gasteiger partial charge in [0.25, 0.3) is 0 Å². The maximum absolute atomic E-state index is 13.3. The Balaban J connectivity index is 2.00. The molecule has 1 aliphatic rings. The summed E-state index contributed by atoms with van der Waals surface area (Å²) in [4.78, 5) is 11.9. The summed E-state index contributed by atoms with van der Waals surface area (Å²) in [6, 6.07) is 1.44. The van der Waals surface area contributed by atoms with Gasteiger partial charge in [0.15, 0.2) is 0 Å². The Morgan fingerprint density at radius 3 is 2.38 bits per heavy atom. The molecule has 5 nitrogen and oxygen atoms in total. The lowest BCUT2D eigenvalue weighted by molar-refractivity contribution is -0.136. The molecule has 24 heavy (non-hydrogen) atoms. The Morgan fingerprint density at radius 2 is 1.92 bits per heavy atom. The van der Waals surface area contributed by atoms with Gasteiger partial charge in [0.1, 0.15) is 11.5 Å². The smallest absolute Gasteiger partial charge is 0.435 e. The fourth-order valence-electron chi connectivity index (χ4n) is 2.38. The monoisotopic (exact) mass is 368 g/mol. The van der Waals surface area contributed by atoms with Crippen LogP contribution < -0.4 is 4.74 Å². The molecule has 1 aromatic heterocycles. The fourth-order valence-corrected chi connectivity index (χ4v) is 4.85. The van der Waals surface area contributed by atoms with Crippen molar-refractivity contribution in [2.24, 2.45) is 0 Å². The van der Waals surface area contributed by atoms with E-state index in [-0.39, 0.29) is 24.7 Å². The zero-order valence-corrected chi connectivity index (χ0v) is 15.3. The third kappa shape index (κ3) is 3.81. The first-order chi connectivity index (χ1) is 10.8. The molecule has 1 aliphatic carbocycles. The maximum Gasteiger partial charge on any atom is 0.435 e. The summed E-state index contributed by atoms with van der Waals surface area (Å²) in [5.74, 6) is 0.0529. The van der Waals surface area contributed by atoms with Gasteiger partial charge in [-0.3, -0.25) is 0 Å². The van der Waals surface area contributed by atoms with Crippen LogP contribution in [0, 0.1) is 0 Å². The highest BCUT2D eigenvalue weighted by atomic mass is 32.3. The van der Waals surface area contributed by atoms with E-state index in [4.69, 9.17) is 9.47 Å². The topological polar surface area (TPSA) is 53.4 Å². The largest absolute Gasteiger partial charge is 0.467 e. The van der Waals surface area contributed by atoms with Gasteiger partial charge in [-0.2, -0.15) is 27.9 Å². The molecule has 0 saturated heterocycles. The van der Waals surface area contributed by atoms with Gasteiger partial charge in [0.05, 0.1) is 4.75 Å². The average molecular weight is 368 g/mol. The second kappa shape index (κ2) is 5.86. The molecule has 138 valence electrons. The number of aromatic nitrogens is 2. The van der Waals surface area contributed by atoms with Gasteiger partial charge in [-0.1, -0.05) is 0 Å². The van der Waals surface area contributed by atoms with Crippen LogP contribution in [0.1, 0.15) is 33.6 Å². The highest BCUT2D eigenvalue weighted by molar-refractivity contribution is 8.33. The third-order valence-corrected chi connectivity index (χ3v) is 7.39. The first-order valence-electron chi connectivity index (χ1n) is 7.47. The van der Waals surface area contributed by atoms with E-state index in [2.05, 4.69) is 5.10 Å². The SMILES string of the molecule is CC(C)(C)OC(=O)n1ccc(OCS(C)(C)C2(C(F)(F)F)CC2)n1. The van der Waals surface area contributed by atoms with Gasteiger partial charge >= 0.3 is 12.3 Å². The van der Waals surface area contributed by atoms with Crippen LogP contribution in [-0.4, -0.2) is 50.8 Å². The van der Waals surface area contributed by atoms with Gasteiger partial charge in [0.2, 0.25) is 5.88 Å². The minimum Gasteiger partial charge on any atom is -0.467 e. The summed E-state index contributed by atoms with van der Waals surface area (Å²) in [5, 5.41) is 3.91. The quantitative estimate of drug-likeness (QED) is 0.801. The third-order valence-electron chi connectivity index (χ3n) is 3.93. The first-order valence-corrected chi connectivity index (χ1v) is 10.1. The van der Waals surface area contributed by atoms with Crippen molar-refractivity contribution >= 4 is 16.1 Å². The van der Waals surface area contributed by atoms with Crippen molar-refractivity contribution in [1.82, 2.24) is 9.78 Å². The molecule has 0 atom stereocenters. The van der Waals surface area contributed by atoms with Crippen molar-refractivity contribution in [2.75, 3.05) is 18.5 Å². The predicted molar refractivity (Wildman–Crippen MR) is 86.8 cm³/mol. The Bertz CT molecular complexity index is 616. The molecular weight excluding hydrogens is 345 g/mol. The zero-order chi connectivity index (χ0) is 18.4. The molecule has 0 bridgehead atoms. The number of rotatable bonds is 4. The molecule has 0 N–H and O–H groups in total. The maximum atomic E-state index is 13.3. The van der Waals surface area contributed by atoms with E-state index in [0.717, 1.165) is 4.68 Å². The normalized spacial score (nSPS) is 18.2. The van der Waals surface area contributed by atoms with Crippen LogP contribution in [0.2, 0.25) is 0 Å². The van der Waals surface area contributed by atoms with E-state index in [1.54, 1.807) is 33.3 Å². The Kier molecular flexibility index (Phi) is 4.62. The van der Waals surface area contributed by atoms with E-state index in [0.29, 0.717) is 0 Å². The molecule has 0 unspecified atom stereocenters. The summed E-state index contributed by atoms with van der Waals surface area (Å²) in [6.45, 7) is 5.18. The van der Waals surface area contributed by atoms with Crippen molar-refractivity contribution in [3.63, 3.8) is 0 Å². The Labute approximate surface area is 140 Å². The second-order valence-corrected chi connectivity index (χ2v) is 11.5. The molecule has 0 radical (unpaired) electrons.